The van der Waals surface area contributed by atoms with Crippen LogP contribution in [0.2, 0.25) is 0 Å². The van der Waals surface area contributed by atoms with E-state index >= 15 is 0 Å². The molecule has 0 aliphatic carbocycles. The number of hydrogen-bond donors (Lipinski definition) is 0. The van der Waals surface area contributed by atoms with Gasteiger partial charge in [0.05, 0.1) is 6.07 Å². The van der Waals surface area contributed by atoms with Crippen molar-refractivity contribution in [2.75, 3.05) is 19.0 Å². The maximum Gasteiger partial charge on any atom is 0.0635 e. The van der Waals surface area contributed by atoms with E-state index in [-0.39, 0.29) is 0 Å². The zero-order valence-corrected chi connectivity index (χ0v) is 9.09. The zero-order valence-electron chi connectivity index (χ0n) is 8.33. The third kappa shape index (κ3) is 6.62. The van der Waals surface area contributed by atoms with Gasteiger partial charge in [-0.05, 0) is 13.8 Å². The van der Waals surface area contributed by atoms with Crippen molar-refractivity contribution in [2.24, 2.45) is 0 Å². The molecule has 74 valence electrons. The average Bonchev–Trinajstić information content (AvgIpc) is 2.10. The number of nitriles is 1. The average molecular weight is 201 g/mol. The molecule has 0 saturated heterocycles. The van der Waals surface area contributed by atoms with E-state index in [1.807, 2.05) is 12.2 Å². The predicted octanol–water partition coefficient (Wildman–Crippen LogP) is 2.41. The molecule has 13 heavy (non-hydrogen) atoms. The minimum atomic E-state index is 0.480. The molecule has 0 aliphatic rings. The van der Waals surface area contributed by atoms with Gasteiger partial charge in [0.25, 0.3) is 0 Å². The van der Waals surface area contributed by atoms with Crippen molar-refractivity contribution in [1.82, 2.24) is 4.90 Å². The van der Waals surface area contributed by atoms with Crippen LogP contribution in [0.25, 0.3) is 0 Å². The van der Waals surface area contributed by atoms with Gasteiger partial charge in [0.15, 0.2) is 0 Å². The molecule has 0 unspecified atom stereocenters. The van der Waals surface area contributed by atoms with Crippen LogP contribution >= 0.6 is 11.6 Å². The summed E-state index contributed by atoms with van der Waals surface area (Å²) in [4.78, 5) is 2.24. The van der Waals surface area contributed by atoms with Crippen molar-refractivity contribution < 1.29 is 0 Å². The number of allylic oxidation sites excluding steroid dienone is 1. The van der Waals surface area contributed by atoms with E-state index in [1.165, 1.54) is 0 Å². The smallest absolute Gasteiger partial charge is 0.0635 e. The van der Waals surface area contributed by atoms with E-state index in [1.54, 1.807) is 0 Å². The van der Waals surface area contributed by atoms with Crippen LogP contribution in [0.4, 0.5) is 0 Å². The fourth-order valence-corrected chi connectivity index (χ4v) is 1.15. The van der Waals surface area contributed by atoms with E-state index in [0.717, 1.165) is 13.1 Å². The molecule has 0 bridgehead atoms. The van der Waals surface area contributed by atoms with Crippen LogP contribution in [0.1, 0.15) is 20.3 Å². The van der Waals surface area contributed by atoms with Crippen LogP contribution in [0, 0.1) is 11.3 Å². The van der Waals surface area contributed by atoms with Crippen molar-refractivity contribution in [2.45, 2.75) is 26.3 Å². The Labute approximate surface area is 85.8 Å². The first-order valence-electron chi connectivity index (χ1n) is 4.54. The molecule has 0 aromatic rings. The Kier molecular flexibility index (Phi) is 7.77. The monoisotopic (exact) mass is 200 g/mol. The molecule has 0 aromatic heterocycles. The van der Waals surface area contributed by atoms with Crippen molar-refractivity contribution in [1.29, 1.82) is 5.26 Å². The summed E-state index contributed by atoms with van der Waals surface area (Å²) in [5.74, 6) is 0.560. The van der Waals surface area contributed by atoms with Gasteiger partial charge in [0.1, 0.15) is 0 Å². The summed E-state index contributed by atoms with van der Waals surface area (Å²) in [7, 11) is 0. The summed E-state index contributed by atoms with van der Waals surface area (Å²) in [5.41, 5.74) is 0. The summed E-state index contributed by atoms with van der Waals surface area (Å²) in [6.07, 6.45) is 4.57. The molecule has 0 aliphatic heterocycles. The molecular weight excluding hydrogens is 184 g/mol. The number of hydrogen-bond acceptors (Lipinski definition) is 2. The predicted molar refractivity (Wildman–Crippen MR) is 56.8 cm³/mol. The minimum Gasteiger partial charge on any atom is -0.296 e. The first-order valence-corrected chi connectivity index (χ1v) is 5.07. The number of nitrogens with zero attached hydrogens (tertiary/aromatic N) is 2. The second-order valence-electron chi connectivity index (χ2n) is 3.12. The lowest BCUT2D eigenvalue weighted by molar-refractivity contribution is 0.251. The van der Waals surface area contributed by atoms with Crippen molar-refractivity contribution in [3.8, 4) is 6.07 Å². The van der Waals surface area contributed by atoms with E-state index in [9.17, 15) is 0 Å². The highest BCUT2D eigenvalue weighted by molar-refractivity contribution is 6.18. The number of halogens is 1. The van der Waals surface area contributed by atoms with Crippen molar-refractivity contribution >= 4 is 11.6 Å². The quantitative estimate of drug-likeness (QED) is 0.487. The SMILES string of the molecule is CC(C)N(CC=CCCl)CCC#N. The molecule has 0 saturated carbocycles. The maximum absolute atomic E-state index is 8.45. The minimum absolute atomic E-state index is 0.480. The standard InChI is InChI=1S/C10H17ClN2/c1-10(2)13(9-5-7-12)8-4-3-6-11/h3-4,10H,5-6,8-9H2,1-2H3. The van der Waals surface area contributed by atoms with Gasteiger partial charge in [0, 0.05) is 31.4 Å². The molecule has 0 amide bonds. The summed E-state index contributed by atoms with van der Waals surface area (Å²) in [6, 6.07) is 2.63. The second kappa shape index (κ2) is 8.10. The third-order valence-corrected chi connectivity index (χ3v) is 2.01. The molecule has 0 fully saturated rings. The Morgan fingerprint density at radius 1 is 1.46 bits per heavy atom. The molecule has 0 atom stereocenters. The van der Waals surface area contributed by atoms with E-state index < -0.39 is 0 Å². The Hall–Kier alpha value is -0.520. The molecule has 0 radical (unpaired) electrons. The van der Waals surface area contributed by atoms with Crippen LogP contribution in [0.5, 0.6) is 0 Å². The van der Waals surface area contributed by atoms with E-state index in [0.29, 0.717) is 18.3 Å². The highest BCUT2D eigenvalue weighted by Gasteiger charge is 2.05. The summed E-state index contributed by atoms with van der Waals surface area (Å²) < 4.78 is 0. The van der Waals surface area contributed by atoms with Crippen LogP contribution in [-0.4, -0.2) is 29.9 Å². The zero-order chi connectivity index (χ0) is 10.1. The van der Waals surface area contributed by atoms with Crippen LogP contribution in [-0.2, 0) is 0 Å². The van der Waals surface area contributed by atoms with Crippen LogP contribution in [0.3, 0.4) is 0 Å². The molecule has 0 N–H and O–H groups in total. The van der Waals surface area contributed by atoms with Gasteiger partial charge in [-0.1, -0.05) is 12.2 Å². The summed E-state index contributed by atoms with van der Waals surface area (Å²) >= 11 is 5.51. The summed E-state index contributed by atoms with van der Waals surface area (Å²) in [6.45, 7) is 5.98. The van der Waals surface area contributed by atoms with Crippen molar-refractivity contribution in [3.63, 3.8) is 0 Å². The number of alkyl halides is 1. The van der Waals surface area contributed by atoms with Gasteiger partial charge in [-0.3, -0.25) is 4.90 Å². The molecule has 0 aromatic carbocycles. The van der Waals surface area contributed by atoms with E-state index in [4.69, 9.17) is 16.9 Å². The van der Waals surface area contributed by atoms with Crippen molar-refractivity contribution in [3.05, 3.63) is 12.2 Å². The molecule has 2 nitrogen and oxygen atoms in total. The Morgan fingerprint density at radius 2 is 2.15 bits per heavy atom. The Bertz CT molecular complexity index is 182. The highest BCUT2D eigenvalue weighted by Crippen LogP contribution is 1.99. The van der Waals surface area contributed by atoms with Gasteiger partial charge in [-0.2, -0.15) is 5.26 Å². The highest BCUT2D eigenvalue weighted by atomic mass is 35.5. The van der Waals surface area contributed by atoms with Gasteiger partial charge in [-0.25, -0.2) is 0 Å². The van der Waals surface area contributed by atoms with Crippen LogP contribution < -0.4 is 0 Å². The molecule has 0 rings (SSSR count). The molecule has 0 spiro atoms. The lowest BCUT2D eigenvalue weighted by Crippen LogP contribution is -2.31. The molecule has 0 heterocycles. The summed E-state index contributed by atoms with van der Waals surface area (Å²) in [5, 5.41) is 8.45. The van der Waals surface area contributed by atoms with Gasteiger partial charge >= 0.3 is 0 Å². The van der Waals surface area contributed by atoms with Crippen LogP contribution in [0.15, 0.2) is 12.2 Å². The topological polar surface area (TPSA) is 27.0 Å². The maximum atomic E-state index is 8.45. The molecule has 3 heteroatoms. The fourth-order valence-electron chi connectivity index (χ4n) is 1.03. The lowest BCUT2D eigenvalue weighted by Gasteiger charge is -2.23. The lowest BCUT2D eigenvalue weighted by atomic mass is 10.3. The number of rotatable bonds is 6. The first kappa shape index (κ1) is 12.5. The Balaban J connectivity index is 3.81. The first-order chi connectivity index (χ1) is 6.22. The second-order valence-corrected chi connectivity index (χ2v) is 3.43. The molecular formula is C10H17ClN2. The largest absolute Gasteiger partial charge is 0.296 e. The van der Waals surface area contributed by atoms with E-state index in [2.05, 4.69) is 24.8 Å². The normalized spacial score (nSPS) is 11.4. The fraction of sp³-hybridized carbons (Fsp3) is 0.700. The van der Waals surface area contributed by atoms with Gasteiger partial charge in [-0.15, -0.1) is 11.6 Å². The van der Waals surface area contributed by atoms with Gasteiger partial charge in [0.2, 0.25) is 0 Å². The van der Waals surface area contributed by atoms with Gasteiger partial charge < -0.3 is 0 Å². The third-order valence-electron chi connectivity index (χ3n) is 1.84. The Morgan fingerprint density at radius 3 is 2.62 bits per heavy atom.